The van der Waals surface area contributed by atoms with Gasteiger partial charge in [-0.3, -0.25) is 18.9 Å². The zero-order valence-corrected chi connectivity index (χ0v) is 21.0. The number of pyridine rings is 1. The summed E-state index contributed by atoms with van der Waals surface area (Å²) in [4.78, 5) is 32.2. The van der Waals surface area contributed by atoms with Crippen molar-refractivity contribution in [1.82, 2.24) is 14.1 Å². The van der Waals surface area contributed by atoms with Crippen LogP contribution >= 0.6 is 0 Å². The quantitative estimate of drug-likeness (QED) is 0.337. The van der Waals surface area contributed by atoms with Crippen LogP contribution < -0.4 is 30.9 Å². The number of aryl methyl sites for hydroxylation is 1. The van der Waals surface area contributed by atoms with Gasteiger partial charge >= 0.3 is 12.3 Å². The van der Waals surface area contributed by atoms with Crippen LogP contribution in [-0.4, -0.2) is 52.0 Å². The average molecular weight is 534 g/mol. The summed E-state index contributed by atoms with van der Waals surface area (Å²) in [5, 5.41) is 12.3. The predicted octanol–water partition coefficient (Wildman–Crippen LogP) is 2.05. The molecule has 0 radical (unpaired) electrons. The van der Waals surface area contributed by atoms with Crippen molar-refractivity contribution in [3.05, 3.63) is 74.7 Å². The lowest BCUT2D eigenvalue weighted by Gasteiger charge is -2.26. The molecule has 11 nitrogen and oxygen atoms in total. The lowest BCUT2D eigenvalue weighted by Crippen LogP contribution is -2.43. The van der Waals surface area contributed by atoms with Crippen LogP contribution in [0.4, 0.5) is 20.3 Å². The Morgan fingerprint density at radius 3 is 2.66 bits per heavy atom. The summed E-state index contributed by atoms with van der Waals surface area (Å²) in [6.07, 6.45) is 1.15. The number of aliphatic hydroxyl groups is 1. The van der Waals surface area contributed by atoms with Crippen molar-refractivity contribution in [3.8, 4) is 11.5 Å². The maximum atomic E-state index is 13.4. The van der Waals surface area contributed by atoms with Crippen LogP contribution in [0.2, 0.25) is 0 Å². The summed E-state index contributed by atoms with van der Waals surface area (Å²) in [7, 11) is 1.55. The van der Waals surface area contributed by atoms with Crippen molar-refractivity contribution in [2.75, 3.05) is 30.0 Å². The second kappa shape index (κ2) is 12.0. The molecular formula is C25H29F2N5O6. The van der Waals surface area contributed by atoms with E-state index in [1.165, 1.54) is 22.8 Å². The number of alkyl halides is 2. The van der Waals surface area contributed by atoms with E-state index in [2.05, 4.69) is 15.0 Å². The van der Waals surface area contributed by atoms with Crippen LogP contribution in [0.3, 0.4) is 0 Å². The Morgan fingerprint density at radius 1 is 1.16 bits per heavy atom. The SMILES string of the molecule is Cc1ccc(CN2c3c(n(C)c(=O)n(CCCO)c3=O)NC2OCCOc2cccc(OC(F)F)c2)cn1. The van der Waals surface area contributed by atoms with Crippen molar-refractivity contribution in [1.29, 1.82) is 0 Å². The molecule has 1 atom stereocenters. The van der Waals surface area contributed by atoms with Gasteiger partial charge in [-0.15, -0.1) is 0 Å². The summed E-state index contributed by atoms with van der Waals surface area (Å²) in [5.74, 6) is 0.608. The molecule has 4 rings (SSSR count). The monoisotopic (exact) mass is 533 g/mol. The second-order valence-corrected chi connectivity index (χ2v) is 8.58. The lowest BCUT2D eigenvalue weighted by atomic mass is 10.2. The Labute approximate surface area is 216 Å². The second-order valence-electron chi connectivity index (χ2n) is 8.58. The number of hydrogen-bond donors (Lipinski definition) is 2. The molecule has 0 spiro atoms. The van der Waals surface area contributed by atoms with E-state index in [1.54, 1.807) is 24.2 Å². The molecule has 1 unspecified atom stereocenters. The Bertz CT molecular complexity index is 1360. The van der Waals surface area contributed by atoms with Gasteiger partial charge in [-0.1, -0.05) is 12.1 Å². The molecule has 0 bridgehead atoms. The van der Waals surface area contributed by atoms with Crippen molar-refractivity contribution < 1.29 is 28.1 Å². The summed E-state index contributed by atoms with van der Waals surface area (Å²) in [6.45, 7) is -0.752. The number of fused-ring (bicyclic) bond motifs is 1. The van der Waals surface area contributed by atoms with Crippen molar-refractivity contribution in [2.24, 2.45) is 7.05 Å². The molecule has 2 N–H and O–H groups in total. The van der Waals surface area contributed by atoms with Crippen LogP contribution in [0.15, 0.2) is 52.2 Å². The van der Waals surface area contributed by atoms with Gasteiger partial charge < -0.3 is 29.5 Å². The van der Waals surface area contributed by atoms with E-state index >= 15 is 0 Å². The third kappa shape index (κ3) is 6.11. The minimum absolute atomic E-state index is 0.0254. The molecule has 1 aromatic carbocycles. The van der Waals surface area contributed by atoms with Crippen LogP contribution in [0.25, 0.3) is 0 Å². The molecule has 204 valence electrons. The standard InChI is InChI=1S/C25H29F2N5O6/c1-16-7-8-17(14-28-16)15-32-20-21(30(2)25(35)31(22(20)34)9-4-10-33)29-24(32)37-12-11-36-18-5-3-6-19(13-18)38-23(26)27/h3,5-8,13-14,23-24,29,33H,4,9-12,15H2,1-2H3. The summed E-state index contributed by atoms with van der Waals surface area (Å²) < 4.78 is 43.4. The number of halogens is 2. The molecule has 0 fully saturated rings. The molecule has 3 heterocycles. The maximum Gasteiger partial charge on any atom is 0.387 e. The van der Waals surface area contributed by atoms with Crippen molar-refractivity contribution in [3.63, 3.8) is 0 Å². The van der Waals surface area contributed by atoms with Gasteiger partial charge in [0.05, 0.1) is 6.61 Å². The van der Waals surface area contributed by atoms with E-state index in [1.807, 2.05) is 19.1 Å². The number of aromatic nitrogens is 3. The molecule has 0 aliphatic carbocycles. The molecule has 13 heteroatoms. The highest BCUT2D eigenvalue weighted by molar-refractivity contribution is 5.71. The molecule has 1 aliphatic rings. The van der Waals surface area contributed by atoms with Crippen LogP contribution in [-0.2, 0) is 24.9 Å². The first-order valence-electron chi connectivity index (χ1n) is 12.0. The average Bonchev–Trinajstić information content (AvgIpc) is 3.25. The van der Waals surface area contributed by atoms with Gasteiger partial charge in [0.15, 0.2) is 0 Å². The number of anilines is 2. The normalized spacial score (nSPS) is 14.5. The van der Waals surface area contributed by atoms with Gasteiger partial charge in [0.1, 0.15) is 29.6 Å². The van der Waals surface area contributed by atoms with Gasteiger partial charge in [-0.25, -0.2) is 4.79 Å². The van der Waals surface area contributed by atoms with Gasteiger partial charge in [0.25, 0.3) is 5.56 Å². The van der Waals surface area contributed by atoms with Gasteiger partial charge in [0.2, 0.25) is 6.35 Å². The van der Waals surface area contributed by atoms with E-state index in [9.17, 15) is 23.5 Å². The number of aliphatic hydroxyl groups excluding tert-OH is 1. The van der Waals surface area contributed by atoms with E-state index in [0.29, 0.717) is 11.6 Å². The van der Waals surface area contributed by atoms with Crippen molar-refractivity contribution >= 4 is 11.5 Å². The minimum atomic E-state index is -2.94. The Kier molecular flexibility index (Phi) is 8.59. The lowest BCUT2D eigenvalue weighted by molar-refractivity contribution is -0.0499. The van der Waals surface area contributed by atoms with Crippen LogP contribution in [0.5, 0.6) is 11.5 Å². The zero-order valence-electron chi connectivity index (χ0n) is 21.0. The zero-order chi connectivity index (χ0) is 27.2. The first-order chi connectivity index (χ1) is 18.3. The number of nitrogens with zero attached hydrogens (tertiary/aromatic N) is 4. The van der Waals surface area contributed by atoms with E-state index in [-0.39, 0.29) is 50.8 Å². The highest BCUT2D eigenvalue weighted by Crippen LogP contribution is 2.32. The minimum Gasteiger partial charge on any atom is -0.491 e. The fourth-order valence-corrected chi connectivity index (χ4v) is 4.06. The number of benzene rings is 1. The Hall–Kier alpha value is -3.97. The van der Waals surface area contributed by atoms with E-state index < -0.39 is 24.2 Å². The topological polar surface area (TPSA) is 120 Å². The third-order valence-electron chi connectivity index (χ3n) is 5.88. The number of ether oxygens (including phenoxy) is 3. The smallest absolute Gasteiger partial charge is 0.387 e. The van der Waals surface area contributed by atoms with Crippen LogP contribution in [0.1, 0.15) is 17.7 Å². The largest absolute Gasteiger partial charge is 0.491 e. The molecule has 3 aromatic rings. The van der Waals surface area contributed by atoms with E-state index in [4.69, 9.17) is 9.47 Å². The summed E-state index contributed by atoms with van der Waals surface area (Å²) in [6, 6.07) is 9.62. The number of nitrogens with one attached hydrogen (secondary N) is 1. The fourth-order valence-electron chi connectivity index (χ4n) is 4.06. The first-order valence-corrected chi connectivity index (χ1v) is 12.0. The third-order valence-corrected chi connectivity index (χ3v) is 5.88. The van der Waals surface area contributed by atoms with Crippen LogP contribution in [0, 0.1) is 6.92 Å². The molecule has 0 saturated carbocycles. The number of hydrogen-bond acceptors (Lipinski definition) is 9. The van der Waals surface area contributed by atoms with Crippen molar-refractivity contribution in [2.45, 2.75) is 39.4 Å². The van der Waals surface area contributed by atoms with Gasteiger partial charge in [0, 0.05) is 44.7 Å². The van der Waals surface area contributed by atoms with Gasteiger partial charge in [-0.2, -0.15) is 8.78 Å². The predicted molar refractivity (Wildman–Crippen MR) is 135 cm³/mol. The molecule has 0 amide bonds. The highest BCUT2D eigenvalue weighted by atomic mass is 19.3. The Morgan fingerprint density at radius 2 is 1.95 bits per heavy atom. The molecular weight excluding hydrogens is 504 g/mol. The molecule has 1 aliphatic heterocycles. The molecule has 0 saturated heterocycles. The maximum absolute atomic E-state index is 13.4. The summed E-state index contributed by atoms with van der Waals surface area (Å²) >= 11 is 0. The fraction of sp³-hybridized carbons (Fsp3) is 0.400. The summed E-state index contributed by atoms with van der Waals surface area (Å²) in [5.41, 5.74) is 0.911. The number of rotatable bonds is 12. The molecule has 38 heavy (non-hydrogen) atoms. The van der Waals surface area contributed by atoms with E-state index in [0.717, 1.165) is 15.8 Å². The highest BCUT2D eigenvalue weighted by Gasteiger charge is 2.35. The molecule has 2 aromatic heterocycles. The Balaban J connectivity index is 1.53. The van der Waals surface area contributed by atoms with Gasteiger partial charge in [-0.05, 0) is 37.1 Å². The first kappa shape index (κ1) is 27.1.